The number of hydrogen-bond donors (Lipinski definition) is 0. The average molecular weight is 414 g/mol. The largest absolute Gasteiger partial charge is 0.378 e. The third-order valence-corrected chi connectivity index (χ3v) is 5.53. The van der Waals surface area contributed by atoms with Crippen LogP contribution in [0.2, 0.25) is 0 Å². The minimum Gasteiger partial charge on any atom is -0.378 e. The lowest BCUT2D eigenvalue weighted by atomic mass is 10.1. The summed E-state index contributed by atoms with van der Waals surface area (Å²) in [5.74, 6) is -0.493. The van der Waals surface area contributed by atoms with E-state index in [9.17, 15) is 19.3 Å². The lowest BCUT2D eigenvalue weighted by molar-refractivity contribution is -0.384. The molecule has 9 heteroatoms. The van der Waals surface area contributed by atoms with Crippen LogP contribution in [0.3, 0.4) is 0 Å². The van der Waals surface area contributed by atoms with Gasteiger partial charge in [-0.05, 0) is 30.3 Å². The molecule has 2 aromatic rings. The molecule has 2 aromatic carbocycles. The van der Waals surface area contributed by atoms with Crippen molar-refractivity contribution in [2.24, 2.45) is 0 Å². The van der Waals surface area contributed by atoms with E-state index in [4.69, 9.17) is 4.74 Å². The number of nitro groups is 1. The molecule has 0 bridgehead atoms. The summed E-state index contributed by atoms with van der Waals surface area (Å²) in [5.41, 5.74) is 1.87. The first-order valence-corrected chi connectivity index (χ1v) is 9.94. The van der Waals surface area contributed by atoms with Gasteiger partial charge in [0.15, 0.2) is 0 Å². The Labute approximate surface area is 173 Å². The maximum absolute atomic E-state index is 13.3. The quantitative estimate of drug-likeness (QED) is 0.565. The van der Waals surface area contributed by atoms with Crippen LogP contribution < -0.4 is 9.80 Å². The monoisotopic (exact) mass is 414 g/mol. The number of piperazine rings is 1. The number of nitrogens with zero attached hydrogens (tertiary/aromatic N) is 4. The molecule has 0 unspecified atom stereocenters. The van der Waals surface area contributed by atoms with E-state index in [1.165, 1.54) is 24.3 Å². The van der Waals surface area contributed by atoms with Crippen LogP contribution in [0.4, 0.5) is 21.5 Å². The van der Waals surface area contributed by atoms with Gasteiger partial charge in [-0.1, -0.05) is 0 Å². The molecule has 0 aliphatic carbocycles. The minimum absolute atomic E-state index is 0.0969. The minimum atomic E-state index is -0.480. The van der Waals surface area contributed by atoms with Crippen molar-refractivity contribution in [1.29, 1.82) is 0 Å². The van der Waals surface area contributed by atoms with Crippen LogP contribution in [0.5, 0.6) is 0 Å². The van der Waals surface area contributed by atoms with Crippen molar-refractivity contribution in [3.05, 3.63) is 64.0 Å². The number of benzene rings is 2. The molecule has 1 amide bonds. The summed E-state index contributed by atoms with van der Waals surface area (Å²) in [6.07, 6.45) is 0. The fourth-order valence-corrected chi connectivity index (χ4v) is 3.88. The van der Waals surface area contributed by atoms with Crippen molar-refractivity contribution >= 4 is 23.0 Å². The van der Waals surface area contributed by atoms with Crippen LogP contribution in [-0.2, 0) is 4.74 Å². The second kappa shape index (κ2) is 8.66. The van der Waals surface area contributed by atoms with E-state index in [0.717, 1.165) is 5.69 Å². The van der Waals surface area contributed by atoms with Crippen LogP contribution in [-0.4, -0.2) is 68.2 Å². The van der Waals surface area contributed by atoms with Gasteiger partial charge in [0, 0.05) is 57.1 Å². The van der Waals surface area contributed by atoms with E-state index >= 15 is 0 Å². The number of hydrogen-bond acceptors (Lipinski definition) is 6. The molecule has 8 nitrogen and oxygen atoms in total. The Balaban J connectivity index is 1.52. The first-order chi connectivity index (χ1) is 14.5. The Morgan fingerprint density at radius 1 is 0.933 bits per heavy atom. The van der Waals surface area contributed by atoms with Gasteiger partial charge in [-0.2, -0.15) is 0 Å². The molecule has 0 spiro atoms. The first kappa shape index (κ1) is 20.1. The molecule has 2 aliphatic rings. The van der Waals surface area contributed by atoms with Crippen LogP contribution in [0.15, 0.2) is 42.5 Å². The molecule has 4 rings (SSSR count). The molecule has 0 N–H and O–H groups in total. The topological polar surface area (TPSA) is 79.2 Å². The van der Waals surface area contributed by atoms with Crippen molar-refractivity contribution < 1.29 is 18.8 Å². The van der Waals surface area contributed by atoms with Crippen molar-refractivity contribution in [3.8, 4) is 0 Å². The number of carbonyl (C=O) groups excluding carboxylic acids is 1. The number of non-ortho nitro benzene ring substituents is 1. The summed E-state index contributed by atoms with van der Waals surface area (Å²) in [6.45, 7) is 4.58. The van der Waals surface area contributed by atoms with Gasteiger partial charge in [-0.25, -0.2) is 4.39 Å². The van der Waals surface area contributed by atoms with Gasteiger partial charge >= 0.3 is 0 Å². The number of rotatable bonds is 4. The third kappa shape index (κ3) is 4.20. The molecule has 0 saturated carbocycles. The Morgan fingerprint density at radius 2 is 1.60 bits per heavy atom. The van der Waals surface area contributed by atoms with Gasteiger partial charge in [0.25, 0.3) is 11.6 Å². The Hall–Kier alpha value is -3.20. The summed E-state index contributed by atoms with van der Waals surface area (Å²) >= 11 is 0. The molecule has 0 radical (unpaired) electrons. The fraction of sp³-hybridized carbons (Fsp3) is 0.381. The number of carbonyl (C=O) groups is 1. The van der Waals surface area contributed by atoms with Gasteiger partial charge in [0.05, 0.1) is 29.4 Å². The number of ether oxygens (including phenoxy) is 1. The number of morpholine rings is 1. The highest BCUT2D eigenvalue weighted by atomic mass is 19.1. The molecule has 2 heterocycles. The van der Waals surface area contributed by atoms with E-state index < -0.39 is 4.92 Å². The van der Waals surface area contributed by atoms with Gasteiger partial charge in [-0.3, -0.25) is 14.9 Å². The predicted molar refractivity (Wildman–Crippen MR) is 111 cm³/mol. The summed E-state index contributed by atoms with van der Waals surface area (Å²) in [7, 11) is 0. The average Bonchev–Trinajstić information content (AvgIpc) is 2.79. The Kier molecular flexibility index (Phi) is 5.80. The van der Waals surface area contributed by atoms with Gasteiger partial charge in [0.1, 0.15) is 5.82 Å². The summed E-state index contributed by atoms with van der Waals surface area (Å²) in [5, 5.41) is 11.3. The molecule has 2 fully saturated rings. The zero-order valence-corrected chi connectivity index (χ0v) is 16.5. The fourth-order valence-electron chi connectivity index (χ4n) is 3.88. The molecular formula is C21H23FN4O4. The van der Waals surface area contributed by atoms with Crippen LogP contribution in [0.1, 0.15) is 10.4 Å². The Bertz CT molecular complexity index is 923. The summed E-state index contributed by atoms with van der Waals surface area (Å²) in [6, 6.07) is 10.8. The van der Waals surface area contributed by atoms with Gasteiger partial charge < -0.3 is 19.4 Å². The highest BCUT2D eigenvalue weighted by Gasteiger charge is 2.28. The maximum atomic E-state index is 13.3. The second-order valence-corrected chi connectivity index (χ2v) is 7.31. The van der Waals surface area contributed by atoms with Crippen molar-refractivity contribution in [3.63, 3.8) is 0 Å². The lowest BCUT2D eigenvalue weighted by Gasteiger charge is -2.37. The van der Waals surface area contributed by atoms with E-state index in [0.29, 0.717) is 63.7 Å². The van der Waals surface area contributed by atoms with Crippen molar-refractivity contribution in [1.82, 2.24) is 4.90 Å². The smallest absolute Gasteiger partial charge is 0.270 e. The predicted octanol–water partition coefficient (Wildman–Crippen LogP) is 2.53. The maximum Gasteiger partial charge on any atom is 0.270 e. The number of halogens is 1. The Morgan fingerprint density at radius 3 is 2.23 bits per heavy atom. The normalized spacial score (nSPS) is 17.2. The first-order valence-electron chi connectivity index (χ1n) is 9.94. The molecular weight excluding hydrogens is 391 g/mol. The number of amides is 1. The highest BCUT2D eigenvalue weighted by Crippen LogP contribution is 2.28. The SMILES string of the molecule is O=C(c1cc([N+](=O)[O-])ccc1N1CCOCC1)N1CCN(c2ccc(F)cc2)CC1. The van der Waals surface area contributed by atoms with Gasteiger partial charge in [0.2, 0.25) is 0 Å². The number of anilines is 2. The summed E-state index contributed by atoms with van der Waals surface area (Å²) in [4.78, 5) is 30.0. The van der Waals surface area contributed by atoms with E-state index in [2.05, 4.69) is 4.90 Å². The second-order valence-electron chi connectivity index (χ2n) is 7.31. The van der Waals surface area contributed by atoms with E-state index in [-0.39, 0.29) is 17.4 Å². The van der Waals surface area contributed by atoms with E-state index in [1.807, 2.05) is 4.90 Å². The lowest BCUT2D eigenvalue weighted by Crippen LogP contribution is -2.49. The molecule has 0 aromatic heterocycles. The van der Waals surface area contributed by atoms with Crippen LogP contribution in [0, 0.1) is 15.9 Å². The van der Waals surface area contributed by atoms with Gasteiger partial charge in [-0.15, -0.1) is 0 Å². The third-order valence-electron chi connectivity index (χ3n) is 5.53. The zero-order valence-electron chi connectivity index (χ0n) is 16.5. The molecule has 158 valence electrons. The molecule has 0 atom stereocenters. The molecule has 2 saturated heterocycles. The molecule has 2 aliphatic heterocycles. The molecule has 30 heavy (non-hydrogen) atoms. The standard InChI is InChI=1S/C21H23FN4O4/c22-16-1-3-17(4-2-16)23-7-9-25(10-8-23)21(27)19-15-18(26(28)29)5-6-20(19)24-11-13-30-14-12-24/h1-6,15H,7-14H2. The van der Waals surface area contributed by atoms with Crippen LogP contribution >= 0.6 is 0 Å². The van der Waals surface area contributed by atoms with E-state index in [1.54, 1.807) is 23.1 Å². The number of nitro benzene ring substituents is 1. The van der Waals surface area contributed by atoms with Crippen molar-refractivity contribution in [2.75, 3.05) is 62.3 Å². The van der Waals surface area contributed by atoms with Crippen LogP contribution in [0.25, 0.3) is 0 Å². The zero-order chi connectivity index (χ0) is 21.1. The summed E-state index contributed by atoms with van der Waals surface area (Å²) < 4.78 is 18.5. The highest BCUT2D eigenvalue weighted by molar-refractivity contribution is 6.00. The van der Waals surface area contributed by atoms with Crippen molar-refractivity contribution in [2.45, 2.75) is 0 Å².